The van der Waals surface area contributed by atoms with E-state index in [9.17, 15) is 31.0 Å². The number of hydrogen-bond acceptors (Lipinski definition) is 4. The van der Waals surface area contributed by atoms with E-state index in [1.165, 1.54) is 54.9 Å². The zero-order chi connectivity index (χ0) is 28.6. The van der Waals surface area contributed by atoms with E-state index in [0.29, 0.717) is 28.3 Å². The van der Waals surface area contributed by atoms with Gasteiger partial charge >= 0.3 is 0 Å². The quantitative estimate of drug-likeness (QED) is 0.121. The lowest BCUT2D eigenvalue weighted by atomic mass is 10.1. The van der Waals surface area contributed by atoms with E-state index in [-0.39, 0.29) is 4.90 Å². The molecule has 206 valence electrons. The molecular weight excluding hydrogens is 553 g/mol. The predicted molar refractivity (Wildman–Crippen MR) is 138 cm³/mol. The largest absolute Gasteiger partial charge is 0.495 e. The van der Waals surface area contributed by atoms with Crippen LogP contribution in [0.2, 0.25) is 0 Å². The van der Waals surface area contributed by atoms with Crippen LogP contribution in [0, 0.1) is 46.8 Å². The van der Waals surface area contributed by atoms with Gasteiger partial charge in [-0.1, -0.05) is 24.7 Å². The number of benzene rings is 3. The van der Waals surface area contributed by atoms with Crippen molar-refractivity contribution in [3.05, 3.63) is 93.5 Å². The number of pyridine rings is 1. The molecule has 0 N–H and O–H groups in total. The summed E-state index contributed by atoms with van der Waals surface area (Å²) >= 11 is -2.67. The van der Waals surface area contributed by atoms with Crippen LogP contribution in [0.5, 0.6) is 11.5 Å². The third-order valence-corrected chi connectivity index (χ3v) is 7.54. The number of rotatable bonds is 5. The van der Waals surface area contributed by atoms with Crippen LogP contribution >= 0.6 is 0 Å². The first-order chi connectivity index (χ1) is 19.2. The van der Waals surface area contributed by atoms with E-state index in [1.54, 1.807) is 18.2 Å². The van der Waals surface area contributed by atoms with Crippen LogP contribution in [-0.2, 0) is 11.1 Å². The van der Waals surface area contributed by atoms with Gasteiger partial charge in [-0.3, -0.25) is 9.36 Å². The summed E-state index contributed by atoms with van der Waals surface area (Å²) in [5, 5.41) is 0.374. The number of hydrogen-bond donors (Lipinski definition) is 0. The van der Waals surface area contributed by atoms with E-state index in [2.05, 4.69) is 16.0 Å². The van der Waals surface area contributed by atoms with E-state index < -0.39 is 51.5 Å². The molecular formula is C29H20F5NO4S. The van der Waals surface area contributed by atoms with Gasteiger partial charge in [0.1, 0.15) is 5.75 Å². The molecule has 1 unspecified atom stereocenters. The first kappa shape index (κ1) is 27.4. The van der Waals surface area contributed by atoms with Gasteiger partial charge in [0.25, 0.3) is 5.56 Å². The Labute approximate surface area is 227 Å². The smallest absolute Gasteiger partial charge is 0.255 e. The SMILES string of the molecule is COc1cc(C#CC2CCCC2)ccc1-n1c(=O)ccc2cc(S(=O)Oc3c(F)c(F)c(F)c(F)c3F)ccc21. The van der Waals surface area contributed by atoms with Gasteiger partial charge in [-0.2, -0.15) is 8.78 Å². The fourth-order valence-corrected chi connectivity index (χ4v) is 5.35. The summed E-state index contributed by atoms with van der Waals surface area (Å²) in [5.74, 6) is -5.78. The van der Waals surface area contributed by atoms with E-state index >= 15 is 0 Å². The first-order valence-electron chi connectivity index (χ1n) is 12.2. The number of fused-ring (bicyclic) bond motifs is 1. The fourth-order valence-electron chi connectivity index (χ4n) is 4.55. The van der Waals surface area contributed by atoms with Crippen LogP contribution in [-0.4, -0.2) is 15.9 Å². The van der Waals surface area contributed by atoms with Gasteiger partial charge in [0.2, 0.25) is 45.9 Å². The van der Waals surface area contributed by atoms with Crippen molar-refractivity contribution in [1.29, 1.82) is 0 Å². The Kier molecular flexibility index (Phi) is 7.63. The zero-order valence-electron chi connectivity index (χ0n) is 20.9. The molecule has 1 heterocycles. The molecule has 4 aromatic rings. The van der Waals surface area contributed by atoms with Gasteiger partial charge in [-0.15, -0.1) is 0 Å². The van der Waals surface area contributed by atoms with Crippen molar-refractivity contribution < 1.29 is 35.1 Å². The number of nitrogens with zero attached hydrogens (tertiary/aromatic N) is 1. The topological polar surface area (TPSA) is 57.5 Å². The summed E-state index contributed by atoms with van der Waals surface area (Å²) in [6, 6.07) is 11.8. The molecule has 11 heteroatoms. The van der Waals surface area contributed by atoms with Gasteiger partial charge in [-0.05, 0) is 55.3 Å². The molecule has 3 aromatic carbocycles. The van der Waals surface area contributed by atoms with Crippen LogP contribution in [0.1, 0.15) is 31.2 Å². The minimum Gasteiger partial charge on any atom is -0.495 e. The Bertz CT molecular complexity index is 1760. The van der Waals surface area contributed by atoms with Crippen molar-refractivity contribution in [2.24, 2.45) is 5.92 Å². The van der Waals surface area contributed by atoms with Crippen molar-refractivity contribution in [2.75, 3.05) is 7.11 Å². The molecule has 40 heavy (non-hydrogen) atoms. The Balaban J connectivity index is 1.51. The van der Waals surface area contributed by atoms with Crippen LogP contribution in [0.4, 0.5) is 22.0 Å². The lowest BCUT2D eigenvalue weighted by molar-refractivity contribution is 0.352. The molecule has 0 aliphatic heterocycles. The Morgan fingerprint density at radius 2 is 1.55 bits per heavy atom. The van der Waals surface area contributed by atoms with Gasteiger partial charge in [-0.25, -0.2) is 17.4 Å². The van der Waals surface area contributed by atoms with Crippen molar-refractivity contribution in [2.45, 2.75) is 30.6 Å². The van der Waals surface area contributed by atoms with Crippen molar-refractivity contribution in [1.82, 2.24) is 4.57 Å². The second-order valence-corrected chi connectivity index (χ2v) is 10.2. The van der Waals surface area contributed by atoms with Crippen LogP contribution in [0.3, 0.4) is 0 Å². The van der Waals surface area contributed by atoms with Crippen LogP contribution in [0.15, 0.2) is 58.2 Å². The Hall–Kier alpha value is -4.17. The van der Waals surface area contributed by atoms with Gasteiger partial charge in [0.05, 0.1) is 23.2 Å². The molecule has 1 aliphatic carbocycles. The Morgan fingerprint density at radius 1 is 0.875 bits per heavy atom. The summed E-state index contributed by atoms with van der Waals surface area (Å²) in [6.07, 6.45) is 4.49. The number of ether oxygens (including phenoxy) is 1. The van der Waals surface area contributed by atoms with E-state index in [4.69, 9.17) is 4.74 Å². The minimum atomic E-state index is -2.67. The molecule has 0 bridgehead atoms. The second-order valence-electron chi connectivity index (χ2n) is 9.08. The molecule has 0 radical (unpaired) electrons. The summed E-state index contributed by atoms with van der Waals surface area (Å²) in [4.78, 5) is 12.8. The summed E-state index contributed by atoms with van der Waals surface area (Å²) < 4.78 is 92.6. The highest BCUT2D eigenvalue weighted by Gasteiger charge is 2.29. The monoisotopic (exact) mass is 573 g/mol. The zero-order valence-corrected chi connectivity index (χ0v) is 21.7. The maximum Gasteiger partial charge on any atom is 0.255 e. The maximum absolute atomic E-state index is 14.0. The fraction of sp³-hybridized carbons (Fsp3) is 0.207. The lowest BCUT2D eigenvalue weighted by Gasteiger charge is -2.15. The number of aromatic nitrogens is 1. The molecule has 1 saturated carbocycles. The van der Waals surface area contributed by atoms with Gasteiger partial charge in [0, 0.05) is 22.9 Å². The summed E-state index contributed by atoms with van der Waals surface area (Å²) in [7, 11) is 1.46. The average Bonchev–Trinajstić information content (AvgIpc) is 3.49. The van der Waals surface area contributed by atoms with E-state index in [1.807, 2.05) is 0 Å². The van der Waals surface area contributed by atoms with Gasteiger partial charge in [0.15, 0.2) is 0 Å². The molecule has 1 aromatic heterocycles. The maximum atomic E-state index is 14.0. The standard InChI is InChI=1S/C29H20F5NO4S/c1-38-22-14-17(7-6-16-4-2-3-5-16)8-11-21(22)35-20-12-10-19(15-18(20)9-13-23(35)36)40(37)39-29-27(33)25(31)24(30)26(32)28(29)34/h8-16H,2-5H2,1H3. The average molecular weight is 574 g/mol. The summed E-state index contributed by atoms with van der Waals surface area (Å²) in [6.45, 7) is 0. The number of methoxy groups -OCH3 is 1. The third-order valence-electron chi connectivity index (χ3n) is 6.58. The predicted octanol–water partition coefficient (Wildman–Crippen LogP) is 6.34. The molecule has 0 spiro atoms. The highest BCUT2D eigenvalue weighted by Crippen LogP contribution is 2.32. The van der Waals surface area contributed by atoms with Crippen LogP contribution < -0.4 is 14.5 Å². The van der Waals surface area contributed by atoms with Gasteiger partial charge < -0.3 is 8.92 Å². The molecule has 1 atom stereocenters. The molecule has 0 saturated heterocycles. The molecule has 1 fully saturated rings. The van der Waals surface area contributed by atoms with E-state index in [0.717, 1.165) is 18.4 Å². The molecule has 5 nitrogen and oxygen atoms in total. The first-order valence-corrected chi connectivity index (χ1v) is 13.2. The van der Waals surface area contributed by atoms with Crippen molar-refractivity contribution in [3.8, 4) is 29.0 Å². The molecule has 1 aliphatic rings. The third kappa shape index (κ3) is 5.07. The summed E-state index contributed by atoms with van der Waals surface area (Å²) in [5.41, 5.74) is 1.11. The highest BCUT2D eigenvalue weighted by atomic mass is 32.2. The Morgan fingerprint density at radius 3 is 2.23 bits per heavy atom. The second kappa shape index (κ2) is 11.1. The normalized spacial score (nSPS) is 14.2. The molecule has 5 rings (SSSR count). The van der Waals surface area contributed by atoms with Crippen LogP contribution in [0.25, 0.3) is 16.6 Å². The van der Waals surface area contributed by atoms with Crippen molar-refractivity contribution in [3.63, 3.8) is 0 Å². The minimum absolute atomic E-state index is 0.147. The van der Waals surface area contributed by atoms with Crippen molar-refractivity contribution >= 4 is 22.0 Å². The highest BCUT2D eigenvalue weighted by molar-refractivity contribution is 7.80. The molecule has 0 amide bonds. The number of halogens is 5. The lowest BCUT2D eigenvalue weighted by Crippen LogP contribution is -2.18.